The summed E-state index contributed by atoms with van der Waals surface area (Å²) in [7, 11) is 0. The van der Waals surface area contributed by atoms with E-state index in [4.69, 9.17) is 4.74 Å². The zero-order valence-corrected chi connectivity index (χ0v) is 26.7. The summed E-state index contributed by atoms with van der Waals surface area (Å²) in [6, 6.07) is 12.6. The summed E-state index contributed by atoms with van der Waals surface area (Å²) in [6.07, 6.45) is 19.6. The Hall–Kier alpha value is -3.34. The highest BCUT2D eigenvalue weighted by Gasteiger charge is 2.29. The largest absolute Gasteiger partial charge is 0.490 e. The van der Waals surface area contributed by atoms with Crippen molar-refractivity contribution in [2.75, 3.05) is 6.61 Å². The Balaban J connectivity index is 1.23. The topological polar surface area (TPSA) is 9.23 Å². The van der Waals surface area contributed by atoms with Gasteiger partial charge in [0, 0.05) is 16.7 Å². The Bertz CT molecular complexity index is 1480. The number of halogens is 4. The zero-order valence-electron chi connectivity index (χ0n) is 26.7. The second kappa shape index (κ2) is 15.8. The maximum absolute atomic E-state index is 15.4. The first-order chi connectivity index (χ1) is 21.9. The highest BCUT2D eigenvalue weighted by molar-refractivity contribution is 5.74. The standard InChI is InChI=1S/C40H46F4O/c1-3-5-7-9-27-10-12-28(13-11-27)29-14-16-30(17-15-29)33-22-23-34(38(42)37(33)41)31-18-20-32(21-19-31)35-24-25-36(40(44)39(35)43)45-26-8-6-4-2/h3,5,16,18-25,27-29H,4,6-15,17,26H2,1-2H3. The monoisotopic (exact) mass is 618 g/mol. The summed E-state index contributed by atoms with van der Waals surface area (Å²) in [5.74, 6) is -1.63. The third-order valence-electron chi connectivity index (χ3n) is 9.97. The summed E-state index contributed by atoms with van der Waals surface area (Å²) in [6.45, 7) is 4.47. The molecule has 240 valence electrons. The van der Waals surface area contributed by atoms with Crippen LogP contribution in [0.25, 0.3) is 27.8 Å². The van der Waals surface area contributed by atoms with Crippen LogP contribution in [0.2, 0.25) is 0 Å². The maximum atomic E-state index is 15.4. The van der Waals surface area contributed by atoms with Crippen LogP contribution in [0.1, 0.15) is 96.5 Å². The number of allylic oxidation sites excluding steroid dienone is 4. The normalized spacial score (nSPS) is 20.4. The summed E-state index contributed by atoms with van der Waals surface area (Å²) >= 11 is 0. The van der Waals surface area contributed by atoms with E-state index in [1.807, 2.05) is 0 Å². The Labute approximate surface area is 266 Å². The number of rotatable bonds is 12. The van der Waals surface area contributed by atoms with Crippen molar-refractivity contribution >= 4 is 5.57 Å². The summed E-state index contributed by atoms with van der Waals surface area (Å²) < 4.78 is 65.9. The SMILES string of the molecule is CC=CCCC1CCC(C2CC=C(c3ccc(-c4ccc(-c5ccc(OCCCCC)c(F)c5F)cc4)c(F)c3F)CC2)CC1. The molecule has 1 unspecified atom stereocenters. The van der Waals surface area contributed by atoms with Crippen LogP contribution >= 0.6 is 0 Å². The molecule has 45 heavy (non-hydrogen) atoms. The third kappa shape index (κ3) is 7.91. The van der Waals surface area contributed by atoms with Crippen LogP contribution in [0, 0.1) is 41.0 Å². The lowest BCUT2D eigenvalue weighted by molar-refractivity contribution is 0.190. The van der Waals surface area contributed by atoms with Crippen molar-refractivity contribution in [1.82, 2.24) is 0 Å². The molecule has 0 spiro atoms. The first kappa shape index (κ1) is 33.0. The van der Waals surface area contributed by atoms with Crippen molar-refractivity contribution in [3.05, 3.63) is 95.6 Å². The molecule has 1 atom stereocenters. The minimum atomic E-state index is -1.02. The summed E-state index contributed by atoms with van der Waals surface area (Å²) in [4.78, 5) is 0. The van der Waals surface area contributed by atoms with Gasteiger partial charge >= 0.3 is 0 Å². The van der Waals surface area contributed by atoms with Gasteiger partial charge in [0.15, 0.2) is 23.2 Å². The molecular formula is C40H46F4O. The van der Waals surface area contributed by atoms with Gasteiger partial charge in [0.2, 0.25) is 5.82 Å². The van der Waals surface area contributed by atoms with E-state index in [-0.39, 0.29) is 16.9 Å². The lowest BCUT2D eigenvalue weighted by Gasteiger charge is -2.35. The molecule has 3 aromatic rings. The second-order valence-electron chi connectivity index (χ2n) is 12.9. The van der Waals surface area contributed by atoms with E-state index in [0.717, 1.165) is 55.9 Å². The van der Waals surface area contributed by atoms with Crippen molar-refractivity contribution in [3.8, 4) is 28.0 Å². The zero-order chi connectivity index (χ0) is 31.8. The molecule has 0 radical (unpaired) electrons. The predicted molar refractivity (Wildman–Crippen MR) is 177 cm³/mol. The smallest absolute Gasteiger partial charge is 0.201 e. The Kier molecular flexibility index (Phi) is 11.6. The Morgan fingerprint density at radius 1 is 0.711 bits per heavy atom. The third-order valence-corrected chi connectivity index (χ3v) is 9.97. The molecule has 1 saturated carbocycles. The van der Waals surface area contributed by atoms with Crippen molar-refractivity contribution in [3.63, 3.8) is 0 Å². The van der Waals surface area contributed by atoms with Crippen LogP contribution < -0.4 is 4.74 Å². The quantitative estimate of drug-likeness (QED) is 0.111. The van der Waals surface area contributed by atoms with Gasteiger partial charge in [-0.1, -0.05) is 87.2 Å². The van der Waals surface area contributed by atoms with Gasteiger partial charge in [-0.3, -0.25) is 0 Å². The van der Waals surface area contributed by atoms with Gasteiger partial charge in [0.05, 0.1) is 6.61 Å². The van der Waals surface area contributed by atoms with Gasteiger partial charge in [-0.2, -0.15) is 4.39 Å². The van der Waals surface area contributed by atoms with E-state index in [0.29, 0.717) is 29.2 Å². The van der Waals surface area contributed by atoms with Gasteiger partial charge in [-0.25, -0.2) is 13.2 Å². The average molecular weight is 619 g/mol. The highest BCUT2D eigenvalue weighted by Crippen LogP contribution is 2.43. The fourth-order valence-corrected chi connectivity index (χ4v) is 7.22. The molecule has 2 aliphatic carbocycles. The average Bonchev–Trinajstić information content (AvgIpc) is 3.07. The number of unbranched alkanes of at least 4 members (excludes halogenated alkanes) is 2. The van der Waals surface area contributed by atoms with Crippen molar-refractivity contribution in [2.24, 2.45) is 17.8 Å². The molecule has 0 N–H and O–H groups in total. The number of benzene rings is 3. The van der Waals surface area contributed by atoms with Gasteiger partial charge in [-0.15, -0.1) is 0 Å². The molecule has 0 amide bonds. The lowest BCUT2D eigenvalue weighted by Crippen LogP contribution is -2.23. The van der Waals surface area contributed by atoms with Crippen LogP contribution in [-0.2, 0) is 0 Å². The van der Waals surface area contributed by atoms with E-state index >= 15 is 8.78 Å². The Morgan fingerprint density at radius 3 is 1.96 bits per heavy atom. The molecule has 0 aromatic heterocycles. The van der Waals surface area contributed by atoms with Crippen molar-refractivity contribution < 1.29 is 22.3 Å². The van der Waals surface area contributed by atoms with Crippen molar-refractivity contribution in [1.29, 1.82) is 0 Å². The molecule has 0 heterocycles. The highest BCUT2D eigenvalue weighted by atomic mass is 19.2. The number of hydrogen-bond donors (Lipinski definition) is 0. The van der Waals surface area contributed by atoms with Gasteiger partial charge in [0.25, 0.3) is 0 Å². The Morgan fingerprint density at radius 2 is 1.33 bits per heavy atom. The van der Waals surface area contributed by atoms with E-state index in [1.165, 1.54) is 50.7 Å². The molecular weight excluding hydrogens is 572 g/mol. The van der Waals surface area contributed by atoms with Crippen LogP contribution in [-0.4, -0.2) is 6.61 Å². The molecule has 5 rings (SSSR count). The maximum Gasteiger partial charge on any atom is 0.201 e. The second-order valence-corrected chi connectivity index (χ2v) is 12.9. The summed E-state index contributed by atoms with van der Waals surface area (Å²) in [5.41, 5.74) is 2.37. The molecule has 0 aliphatic heterocycles. The minimum absolute atomic E-state index is 0.0851. The van der Waals surface area contributed by atoms with Crippen LogP contribution in [0.3, 0.4) is 0 Å². The van der Waals surface area contributed by atoms with E-state index in [2.05, 4.69) is 32.1 Å². The molecule has 1 fully saturated rings. The van der Waals surface area contributed by atoms with E-state index in [9.17, 15) is 8.78 Å². The fraction of sp³-hybridized carbons (Fsp3) is 0.450. The first-order valence-electron chi connectivity index (χ1n) is 16.9. The van der Waals surface area contributed by atoms with Gasteiger partial charge < -0.3 is 4.74 Å². The van der Waals surface area contributed by atoms with Crippen LogP contribution in [0.4, 0.5) is 17.6 Å². The molecule has 0 saturated heterocycles. The molecule has 0 bridgehead atoms. The van der Waals surface area contributed by atoms with Crippen LogP contribution in [0.15, 0.2) is 66.8 Å². The molecule has 2 aliphatic rings. The van der Waals surface area contributed by atoms with Gasteiger partial charge in [-0.05, 0) is 105 Å². The van der Waals surface area contributed by atoms with E-state index < -0.39 is 23.3 Å². The fourth-order valence-electron chi connectivity index (χ4n) is 7.22. The summed E-state index contributed by atoms with van der Waals surface area (Å²) in [5, 5.41) is 0. The predicted octanol–water partition coefficient (Wildman–Crippen LogP) is 12.5. The lowest BCUT2D eigenvalue weighted by atomic mass is 9.70. The molecule has 1 nitrogen and oxygen atoms in total. The minimum Gasteiger partial charge on any atom is -0.490 e. The first-order valence-corrected chi connectivity index (χ1v) is 16.9. The number of hydrogen-bond acceptors (Lipinski definition) is 1. The van der Waals surface area contributed by atoms with E-state index in [1.54, 1.807) is 36.4 Å². The van der Waals surface area contributed by atoms with Crippen LogP contribution in [0.5, 0.6) is 5.75 Å². The number of ether oxygens (including phenoxy) is 1. The molecule has 3 aromatic carbocycles. The molecule has 5 heteroatoms. The van der Waals surface area contributed by atoms with Crippen molar-refractivity contribution in [2.45, 2.75) is 90.9 Å². The van der Waals surface area contributed by atoms with Gasteiger partial charge in [0.1, 0.15) is 0 Å².